The van der Waals surface area contributed by atoms with Crippen LogP contribution in [0, 0.1) is 27.9 Å². The summed E-state index contributed by atoms with van der Waals surface area (Å²) in [7, 11) is 0. The number of benzene rings is 2. The Morgan fingerprint density at radius 2 is 1.98 bits per heavy atom. The molecule has 220 valence electrons. The van der Waals surface area contributed by atoms with Crippen molar-refractivity contribution >= 4 is 46.4 Å². The van der Waals surface area contributed by atoms with E-state index in [0.29, 0.717) is 30.9 Å². The van der Waals surface area contributed by atoms with E-state index < -0.39 is 16.8 Å². The van der Waals surface area contributed by atoms with Crippen molar-refractivity contribution in [1.29, 1.82) is 0 Å². The van der Waals surface area contributed by atoms with E-state index in [-0.39, 0.29) is 41.0 Å². The molecule has 2 aliphatic heterocycles. The number of anilines is 1. The molecule has 0 spiro atoms. The van der Waals surface area contributed by atoms with Crippen LogP contribution in [0.3, 0.4) is 0 Å². The normalized spacial score (nSPS) is 23.5. The van der Waals surface area contributed by atoms with Gasteiger partial charge in [-0.2, -0.15) is 0 Å². The van der Waals surface area contributed by atoms with Crippen LogP contribution in [-0.2, 0) is 14.3 Å². The number of carbonyl (C=O) groups excluding carboxylic acids is 2. The molecule has 10 heteroatoms. The third kappa shape index (κ3) is 5.34. The second-order valence-electron chi connectivity index (χ2n) is 11.1. The van der Waals surface area contributed by atoms with Gasteiger partial charge >= 0.3 is 0 Å². The van der Waals surface area contributed by atoms with Crippen molar-refractivity contribution in [3.8, 4) is 5.75 Å². The molecule has 0 radical (unpaired) electrons. The van der Waals surface area contributed by atoms with Gasteiger partial charge in [-0.3, -0.25) is 24.7 Å². The number of nitro benzene ring substituents is 1. The van der Waals surface area contributed by atoms with Crippen molar-refractivity contribution in [3.63, 3.8) is 0 Å². The number of nitro groups is 1. The van der Waals surface area contributed by atoms with Gasteiger partial charge < -0.3 is 9.84 Å². The zero-order chi connectivity index (χ0) is 30.2. The first-order chi connectivity index (χ1) is 20.8. The lowest BCUT2D eigenvalue weighted by molar-refractivity contribution is -0.384. The third-order valence-corrected chi connectivity index (χ3v) is 9.04. The fourth-order valence-corrected chi connectivity index (χ4v) is 6.98. The smallest absolute Gasteiger partial charge is 0.271 e. The Bertz CT molecular complexity index is 1670. The molecule has 2 aromatic carbocycles. The number of aromatic hydroxyl groups is 1. The minimum absolute atomic E-state index is 0.0885. The molecule has 3 aliphatic rings. The first-order valence-electron chi connectivity index (χ1n) is 14.3. The predicted molar refractivity (Wildman–Crippen MR) is 162 cm³/mol. The molecule has 0 bridgehead atoms. The summed E-state index contributed by atoms with van der Waals surface area (Å²) in [4.78, 5) is 43.9. The van der Waals surface area contributed by atoms with E-state index in [1.807, 2.05) is 24.3 Å². The number of carbonyl (C=O) groups is 2. The van der Waals surface area contributed by atoms with Gasteiger partial charge in [0, 0.05) is 24.2 Å². The van der Waals surface area contributed by atoms with Crippen LogP contribution in [0.2, 0.25) is 5.02 Å². The number of allylic oxidation sites excluding steroid dienone is 2. The van der Waals surface area contributed by atoms with Crippen molar-refractivity contribution in [2.75, 3.05) is 11.5 Å². The van der Waals surface area contributed by atoms with Crippen LogP contribution in [-0.4, -0.2) is 39.5 Å². The van der Waals surface area contributed by atoms with Crippen molar-refractivity contribution < 1.29 is 24.4 Å². The number of halogens is 1. The maximum Gasteiger partial charge on any atom is 0.271 e. The molecule has 2 saturated heterocycles. The van der Waals surface area contributed by atoms with Gasteiger partial charge in [0.25, 0.3) is 5.69 Å². The average Bonchev–Trinajstić information content (AvgIpc) is 3.54. The molecule has 43 heavy (non-hydrogen) atoms. The monoisotopic (exact) mass is 599 g/mol. The molecule has 0 unspecified atom stereocenters. The van der Waals surface area contributed by atoms with Gasteiger partial charge in [-0.25, -0.2) is 4.90 Å². The first-order valence-corrected chi connectivity index (χ1v) is 14.7. The highest BCUT2D eigenvalue weighted by Gasteiger charge is 2.57. The number of ether oxygens (including phenoxy) is 1. The molecule has 6 rings (SSSR count). The Morgan fingerprint density at radius 1 is 1.14 bits per heavy atom. The number of phenols is 1. The highest BCUT2D eigenvalue weighted by molar-refractivity contribution is 6.32. The summed E-state index contributed by atoms with van der Waals surface area (Å²) in [5, 5.41) is 21.6. The maximum atomic E-state index is 13.8. The molecule has 0 saturated carbocycles. The number of rotatable bonds is 8. The first kappa shape index (κ1) is 28.8. The minimum atomic E-state index is -0.566. The van der Waals surface area contributed by atoms with Crippen LogP contribution in [0.25, 0.3) is 11.6 Å². The van der Waals surface area contributed by atoms with Crippen molar-refractivity contribution in [2.24, 2.45) is 17.8 Å². The largest absolute Gasteiger partial charge is 0.508 e. The molecule has 9 nitrogen and oxygen atoms in total. The molecule has 1 aliphatic carbocycles. The lowest BCUT2D eigenvalue weighted by Gasteiger charge is -2.31. The highest BCUT2D eigenvalue weighted by atomic mass is 35.5. The Morgan fingerprint density at radius 3 is 2.70 bits per heavy atom. The van der Waals surface area contributed by atoms with Crippen LogP contribution < -0.4 is 4.90 Å². The van der Waals surface area contributed by atoms with Gasteiger partial charge in [-0.1, -0.05) is 36.2 Å². The van der Waals surface area contributed by atoms with Crippen LogP contribution in [0.15, 0.2) is 78.0 Å². The van der Waals surface area contributed by atoms with Crippen LogP contribution in [0.5, 0.6) is 5.75 Å². The van der Waals surface area contributed by atoms with Gasteiger partial charge in [0.15, 0.2) is 0 Å². The van der Waals surface area contributed by atoms with Gasteiger partial charge in [-0.05, 0) is 84.9 Å². The van der Waals surface area contributed by atoms with E-state index in [1.165, 1.54) is 24.3 Å². The number of fused-ring (bicyclic) bond motifs is 3. The van der Waals surface area contributed by atoms with E-state index in [1.54, 1.807) is 24.4 Å². The highest BCUT2D eigenvalue weighted by Crippen LogP contribution is 2.51. The number of non-ortho nitro benzene ring substituents is 1. The summed E-state index contributed by atoms with van der Waals surface area (Å²) in [5.41, 5.74) is 4.82. The van der Waals surface area contributed by atoms with Gasteiger partial charge in [0.05, 0.1) is 45.9 Å². The topological polar surface area (TPSA) is 123 Å². The Balaban J connectivity index is 1.27. The Kier molecular flexibility index (Phi) is 7.85. The molecule has 2 amide bonds. The fraction of sp³-hybridized carbons (Fsp3) is 0.303. The summed E-state index contributed by atoms with van der Waals surface area (Å²) in [6.45, 7) is 2.39. The van der Waals surface area contributed by atoms with E-state index in [2.05, 4.69) is 11.9 Å². The number of pyridine rings is 1. The summed E-state index contributed by atoms with van der Waals surface area (Å²) < 4.78 is 6.36. The SMILES string of the molecule is CCC1=C2[C@@H](CC/C(=C/c3ccc(O)cc3Cl)c3ccccn3)OC[C@@H]2[C@@H]2C(=O)N(c3cccc([N+](=O)[O-])c3)C(=O)[C@@H]2C1. The third-order valence-electron chi connectivity index (χ3n) is 8.72. The molecular formula is C33H30ClN3O6. The molecule has 4 atom stereocenters. The Hall–Kier alpha value is -4.34. The predicted octanol–water partition coefficient (Wildman–Crippen LogP) is 6.60. The van der Waals surface area contributed by atoms with Gasteiger partial charge in [0.2, 0.25) is 11.8 Å². The van der Waals surface area contributed by atoms with E-state index in [4.69, 9.17) is 16.3 Å². The lowest BCUT2D eigenvalue weighted by Crippen LogP contribution is -2.34. The second kappa shape index (κ2) is 11.7. The molecule has 3 heterocycles. The number of hydrogen-bond donors (Lipinski definition) is 1. The van der Waals surface area contributed by atoms with Gasteiger partial charge in [0.1, 0.15) is 5.75 Å². The number of imide groups is 1. The average molecular weight is 600 g/mol. The number of aromatic nitrogens is 1. The lowest BCUT2D eigenvalue weighted by atomic mass is 9.69. The fourth-order valence-electron chi connectivity index (χ4n) is 6.75. The van der Waals surface area contributed by atoms with E-state index in [0.717, 1.165) is 39.3 Å². The molecular weight excluding hydrogens is 570 g/mol. The summed E-state index contributed by atoms with van der Waals surface area (Å²) >= 11 is 6.42. The zero-order valence-corrected chi connectivity index (χ0v) is 24.2. The summed E-state index contributed by atoms with van der Waals surface area (Å²) in [6.07, 6.45) is 5.94. The molecule has 3 aromatic rings. The van der Waals surface area contributed by atoms with E-state index >= 15 is 0 Å². The number of hydrogen-bond acceptors (Lipinski definition) is 7. The number of nitrogens with zero attached hydrogens (tertiary/aromatic N) is 3. The minimum Gasteiger partial charge on any atom is -0.508 e. The van der Waals surface area contributed by atoms with Crippen molar-refractivity contribution in [2.45, 2.75) is 38.7 Å². The number of phenolic OH excluding ortho intramolecular Hbond substituents is 1. The van der Waals surface area contributed by atoms with Crippen LogP contribution in [0.4, 0.5) is 11.4 Å². The Labute approximate surface area is 253 Å². The molecule has 2 fully saturated rings. The maximum absolute atomic E-state index is 13.8. The van der Waals surface area contributed by atoms with Crippen LogP contribution in [0.1, 0.15) is 43.9 Å². The van der Waals surface area contributed by atoms with E-state index in [9.17, 15) is 24.8 Å². The van der Waals surface area contributed by atoms with Gasteiger partial charge in [-0.15, -0.1) is 0 Å². The zero-order valence-electron chi connectivity index (χ0n) is 23.5. The van der Waals surface area contributed by atoms with Crippen molar-refractivity contribution in [3.05, 3.63) is 104 Å². The molecule has 1 aromatic heterocycles. The van der Waals surface area contributed by atoms with Crippen molar-refractivity contribution in [1.82, 2.24) is 4.98 Å². The quantitative estimate of drug-likeness (QED) is 0.134. The molecule has 1 N–H and O–H groups in total. The second-order valence-corrected chi connectivity index (χ2v) is 11.5. The summed E-state index contributed by atoms with van der Waals surface area (Å²) in [5.74, 6) is -1.86. The van der Waals surface area contributed by atoms with Crippen LogP contribution >= 0.6 is 11.6 Å². The number of amides is 2. The standard InChI is InChI=1S/C33H30ClN3O6/c1-2-19-15-25-31(33(40)36(32(25)39)22-6-5-7-23(16-22)37(41)42)26-18-43-29(30(19)26)12-10-21(28-8-3-4-13-35-28)14-20-9-11-24(38)17-27(20)34/h3-9,11,13-14,16-17,25-26,29,31,38H,2,10,12,15,18H2,1H3/b21-14-/t25-,26+,29-,31-/m1/s1. The summed E-state index contributed by atoms with van der Waals surface area (Å²) in [6, 6.07) is 16.2.